The topological polar surface area (TPSA) is 29.5 Å². The summed E-state index contributed by atoms with van der Waals surface area (Å²) in [6.07, 6.45) is -0.613. The summed E-state index contributed by atoms with van der Waals surface area (Å²) in [5, 5.41) is 0. The largest absolute Gasteiger partial charge is 0.453 e. The van der Waals surface area contributed by atoms with Crippen LogP contribution in [0.25, 0.3) is 0 Å². The van der Waals surface area contributed by atoms with Gasteiger partial charge in [-0.2, -0.15) is 0 Å². The Bertz CT molecular complexity index is 174. The molecule has 70 valence electrons. The molecule has 0 bridgehead atoms. The summed E-state index contributed by atoms with van der Waals surface area (Å²) in [5.74, 6) is 0.0610. The second-order valence-electron chi connectivity index (χ2n) is 3.20. The van der Waals surface area contributed by atoms with Gasteiger partial charge in [0.2, 0.25) is 0 Å². The number of carbonyl (C=O) groups excluding carboxylic acids is 1. The fourth-order valence-electron chi connectivity index (χ4n) is 1.32. The molecule has 0 aromatic rings. The predicted molar refractivity (Wildman–Crippen MR) is 42.7 cm³/mol. The number of hydrogen-bond acceptors (Lipinski definition) is 2. The quantitative estimate of drug-likeness (QED) is 0.557. The Balaban J connectivity index is 2.45. The Morgan fingerprint density at radius 1 is 1.67 bits per heavy atom. The van der Waals surface area contributed by atoms with Crippen LogP contribution in [0, 0.1) is 5.92 Å². The molecule has 0 aliphatic carbocycles. The lowest BCUT2D eigenvalue weighted by Crippen LogP contribution is -2.44. The van der Waals surface area contributed by atoms with Crippen molar-refractivity contribution in [3.8, 4) is 0 Å². The first-order chi connectivity index (χ1) is 5.65. The summed E-state index contributed by atoms with van der Waals surface area (Å²) < 4.78 is 17.6. The van der Waals surface area contributed by atoms with Gasteiger partial charge in [-0.15, -0.1) is 0 Å². The highest BCUT2D eigenvalue weighted by atomic mass is 19.1. The van der Waals surface area contributed by atoms with E-state index in [0.717, 1.165) is 6.42 Å². The molecule has 1 rings (SSSR count). The molecule has 0 spiro atoms. The number of halogens is 1. The molecule has 0 aromatic heterocycles. The van der Waals surface area contributed by atoms with Crippen molar-refractivity contribution >= 4 is 6.09 Å². The Kier molecular flexibility index (Phi) is 2.89. The smallest absolute Gasteiger partial charge is 0.409 e. The van der Waals surface area contributed by atoms with Crippen LogP contribution in [0.15, 0.2) is 0 Å². The average Bonchev–Trinajstić information content (AvgIpc) is 2.08. The minimum atomic E-state index is -0.905. The molecule has 1 amide bonds. The molecule has 3 nitrogen and oxygen atoms in total. The normalized spacial score (nSPS) is 30.1. The number of likely N-dealkylation sites (tertiary alicyclic amines) is 1. The first kappa shape index (κ1) is 9.29. The molecule has 1 saturated heterocycles. The van der Waals surface area contributed by atoms with E-state index < -0.39 is 12.3 Å². The van der Waals surface area contributed by atoms with E-state index in [4.69, 9.17) is 0 Å². The van der Waals surface area contributed by atoms with Crippen LogP contribution in [0.1, 0.15) is 13.3 Å². The maximum absolute atomic E-state index is 13.1. The molecule has 2 unspecified atom stereocenters. The van der Waals surface area contributed by atoms with Crippen LogP contribution < -0.4 is 0 Å². The highest BCUT2D eigenvalue weighted by Crippen LogP contribution is 2.19. The number of carbonyl (C=O) groups is 1. The third-order valence-electron chi connectivity index (χ3n) is 2.30. The summed E-state index contributed by atoms with van der Waals surface area (Å²) in [5.41, 5.74) is 0. The summed E-state index contributed by atoms with van der Waals surface area (Å²) in [7, 11) is 1.31. The fraction of sp³-hybridized carbons (Fsp3) is 0.875. The van der Waals surface area contributed by atoms with Gasteiger partial charge in [0.25, 0.3) is 0 Å². The van der Waals surface area contributed by atoms with E-state index in [-0.39, 0.29) is 12.5 Å². The van der Waals surface area contributed by atoms with E-state index in [0.29, 0.717) is 6.54 Å². The van der Waals surface area contributed by atoms with Gasteiger partial charge in [-0.3, -0.25) is 0 Å². The van der Waals surface area contributed by atoms with Crippen molar-refractivity contribution < 1.29 is 13.9 Å². The lowest BCUT2D eigenvalue weighted by molar-refractivity contribution is 0.0709. The van der Waals surface area contributed by atoms with Gasteiger partial charge in [0.05, 0.1) is 13.7 Å². The summed E-state index contributed by atoms with van der Waals surface area (Å²) in [4.78, 5) is 12.4. The third kappa shape index (κ3) is 1.87. The number of rotatable bonds is 0. The van der Waals surface area contributed by atoms with Crippen LogP contribution in [0.3, 0.4) is 0 Å². The summed E-state index contributed by atoms with van der Waals surface area (Å²) in [6.45, 7) is 2.64. The zero-order valence-corrected chi connectivity index (χ0v) is 7.42. The molecule has 0 radical (unpaired) electrons. The molecule has 1 aliphatic heterocycles. The van der Waals surface area contributed by atoms with Gasteiger partial charge in [-0.25, -0.2) is 9.18 Å². The molecular weight excluding hydrogens is 161 g/mol. The Hall–Kier alpha value is -0.800. The zero-order valence-electron chi connectivity index (χ0n) is 7.42. The lowest BCUT2D eigenvalue weighted by atomic mass is 9.98. The molecule has 0 saturated carbocycles. The second-order valence-corrected chi connectivity index (χ2v) is 3.20. The number of alkyl halides is 1. The number of piperidine rings is 1. The molecule has 12 heavy (non-hydrogen) atoms. The number of ether oxygens (including phenoxy) is 1. The van der Waals surface area contributed by atoms with Crippen molar-refractivity contribution in [3.63, 3.8) is 0 Å². The van der Waals surface area contributed by atoms with E-state index in [1.54, 1.807) is 0 Å². The van der Waals surface area contributed by atoms with Gasteiger partial charge >= 0.3 is 6.09 Å². The fourth-order valence-corrected chi connectivity index (χ4v) is 1.32. The minimum Gasteiger partial charge on any atom is -0.453 e. The van der Waals surface area contributed by atoms with Crippen LogP contribution in [0.5, 0.6) is 0 Å². The van der Waals surface area contributed by atoms with Crippen LogP contribution in [-0.2, 0) is 4.74 Å². The van der Waals surface area contributed by atoms with Gasteiger partial charge in [0.1, 0.15) is 6.17 Å². The van der Waals surface area contributed by atoms with Crippen LogP contribution in [0.2, 0.25) is 0 Å². The van der Waals surface area contributed by atoms with Crippen molar-refractivity contribution in [2.75, 3.05) is 20.2 Å². The lowest BCUT2D eigenvalue weighted by Gasteiger charge is -2.31. The van der Waals surface area contributed by atoms with E-state index in [2.05, 4.69) is 4.74 Å². The molecular formula is C8H14FNO2. The third-order valence-corrected chi connectivity index (χ3v) is 2.30. The highest BCUT2D eigenvalue weighted by molar-refractivity contribution is 5.67. The van der Waals surface area contributed by atoms with Crippen LogP contribution >= 0.6 is 0 Å². The van der Waals surface area contributed by atoms with Crippen molar-refractivity contribution in [1.82, 2.24) is 4.90 Å². The van der Waals surface area contributed by atoms with Crippen LogP contribution in [0.4, 0.5) is 9.18 Å². The molecule has 4 heteroatoms. The number of methoxy groups -OCH3 is 1. The Morgan fingerprint density at radius 3 is 2.83 bits per heavy atom. The monoisotopic (exact) mass is 175 g/mol. The molecule has 0 aromatic carbocycles. The molecule has 2 atom stereocenters. The van der Waals surface area contributed by atoms with Crippen molar-refractivity contribution in [3.05, 3.63) is 0 Å². The molecule has 0 N–H and O–H groups in total. The molecule has 1 aliphatic rings. The number of amides is 1. The SMILES string of the molecule is COC(=O)N1CCC(C)C(F)C1. The number of nitrogens with zero attached hydrogens (tertiary/aromatic N) is 1. The maximum atomic E-state index is 13.1. The highest BCUT2D eigenvalue weighted by Gasteiger charge is 2.28. The van der Waals surface area contributed by atoms with Gasteiger partial charge in [0, 0.05) is 6.54 Å². The van der Waals surface area contributed by atoms with Crippen molar-refractivity contribution in [2.45, 2.75) is 19.5 Å². The Morgan fingerprint density at radius 2 is 2.33 bits per heavy atom. The average molecular weight is 175 g/mol. The van der Waals surface area contributed by atoms with E-state index in [9.17, 15) is 9.18 Å². The van der Waals surface area contributed by atoms with E-state index in [1.807, 2.05) is 6.92 Å². The number of hydrogen-bond donors (Lipinski definition) is 0. The van der Waals surface area contributed by atoms with Gasteiger partial charge in [0.15, 0.2) is 0 Å². The van der Waals surface area contributed by atoms with Gasteiger partial charge < -0.3 is 9.64 Å². The minimum absolute atomic E-state index is 0.0610. The van der Waals surface area contributed by atoms with E-state index in [1.165, 1.54) is 12.0 Å². The first-order valence-electron chi connectivity index (χ1n) is 4.12. The first-order valence-corrected chi connectivity index (χ1v) is 4.12. The second kappa shape index (κ2) is 3.74. The van der Waals surface area contributed by atoms with Gasteiger partial charge in [-0.1, -0.05) is 6.92 Å². The summed E-state index contributed by atoms with van der Waals surface area (Å²) >= 11 is 0. The summed E-state index contributed by atoms with van der Waals surface area (Å²) in [6, 6.07) is 0. The van der Waals surface area contributed by atoms with Crippen molar-refractivity contribution in [1.29, 1.82) is 0 Å². The predicted octanol–water partition coefficient (Wildman–Crippen LogP) is 1.43. The van der Waals surface area contributed by atoms with E-state index >= 15 is 0 Å². The van der Waals surface area contributed by atoms with Crippen LogP contribution in [-0.4, -0.2) is 37.4 Å². The van der Waals surface area contributed by atoms with Crippen molar-refractivity contribution in [2.24, 2.45) is 5.92 Å². The molecule has 1 heterocycles. The van der Waals surface area contributed by atoms with Gasteiger partial charge in [-0.05, 0) is 12.3 Å². The standard InChI is InChI=1S/C8H14FNO2/c1-6-3-4-10(5-7(6)9)8(11)12-2/h6-7H,3-5H2,1-2H3. The Labute approximate surface area is 71.5 Å². The zero-order chi connectivity index (χ0) is 9.14. The molecule has 1 fully saturated rings. The maximum Gasteiger partial charge on any atom is 0.409 e.